The van der Waals surface area contributed by atoms with Crippen molar-refractivity contribution in [1.82, 2.24) is 20.4 Å². The van der Waals surface area contributed by atoms with Crippen LogP contribution in [0.5, 0.6) is 0 Å². The third-order valence-corrected chi connectivity index (χ3v) is 4.86. The Bertz CT molecular complexity index is 718. The van der Waals surface area contributed by atoms with Gasteiger partial charge in [0.05, 0.1) is 12.2 Å². The number of hydrogen-bond acceptors (Lipinski definition) is 2. The van der Waals surface area contributed by atoms with E-state index in [0.717, 1.165) is 43.9 Å². The van der Waals surface area contributed by atoms with E-state index >= 15 is 0 Å². The molecule has 0 aliphatic heterocycles. The van der Waals surface area contributed by atoms with Crippen LogP contribution >= 0.6 is 0 Å². The molecule has 0 radical (unpaired) electrons. The molecule has 148 valence electrons. The molecule has 1 aromatic heterocycles. The quantitative estimate of drug-likeness (QED) is 0.524. The lowest BCUT2D eigenvalue weighted by Gasteiger charge is -2.18. The van der Waals surface area contributed by atoms with E-state index in [0.29, 0.717) is 12.6 Å². The van der Waals surface area contributed by atoms with Gasteiger partial charge in [0.1, 0.15) is 0 Å². The molecule has 5 heteroatoms. The number of nitrogens with zero attached hydrogens (tertiary/aromatic N) is 3. The summed E-state index contributed by atoms with van der Waals surface area (Å²) >= 11 is 0. The summed E-state index contributed by atoms with van der Waals surface area (Å²) in [5.41, 5.74) is 5.09. The molecule has 0 amide bonds. The summed E-state index contributed by atoms with van der Waals surface area (Å²) in [7, 11) is 2.03. The highest BCUT2D eigenvalue weighted by molar-refractivity contribution is 5.80. The van der Waals surface area contributed by atoms with Crippen LogP contribution in [0.2, 0.25) is 0 Å². The van der Waals surface area contributed by atoms with Gasteiger partial charge in [0.15, 0.2) is 5.96 Å². The first kappa shape index (κ1) is 21.0. The van der Waals surface area contributed by atoms with Gasteiger partial charge < -0.3 is 10.6 Å². The summed E-state index contributed by atoms with van der Waals surface area (Å²) in [4.78, 5) is 4.85. The molecule has 0 bridgehead atoms. The zero-order valence-electron chi connectivity index (χ0n) is 17.5. The summed E-state index contributed by atoms with van der Waals surface area (Å²) < 4.78 is 2.01. The molecular weight excluding hydrogens is 334 g/mol. The lowest BCUT2D eigenvalue weighted by molar-refractivity contribution is 0.593. The second-order valence-corrected chi connectivity index (χ2v) is 6.97. The Hall–Kier alpha value is -2.30. The highest BCUT2D eigenvalue weighted by Gasteiger charge is 2.13. The molecule has 0 spiro atoms. The number of aryl methyl sites for hydroxylation is 3. The van der Waals surface area contributed by atoms with Crippen molar-refractivity contribution >= 4 is 5.96 Å². The van der Waals surface area contributed by atoms with Gasteiger partial charge in [0.2, 0.25) is 0 Å². The summed E-state index contributed by atoms with van der Waals surface area (Å²) in [6.07, 6.45) is 4.06. The Balaban J connectivity index is 2.01. The van der Waals surface area contributed by atoms with Crippen molar-refractivity contribution < 1.29 is 0 Å². The van der Waals surface area contributed by atoms with Crippen molar-refractivity contribution in [2.45, 2.75) is 66.0 Å². The Labute approximate surface area is 164 Å². The van der Waals surface area contributed by atoms with Gasteiger partial charge >= 0.3 is 0 Å². The van der Waals surface area contributed by atoms with Crippen molar-refractivity contribution in [3.8, 4) is 0 Å². The van der Waals surface area contributed by atoms with E-state index in [9.17, 15) is 0 Å². The minimum atomic E-state index is 0.355. The first-order valence-electron chi connectivity index (χ1n) is 10.2. The lowest BCUT2D eigenvalue weighted by Crippen LogP contribution is -2.42. The molecule has 2 N–H and O–H groups in total. The van der Waals surface area contributed by atoms with Crippen LogP contribution in [0.4, 0.5) is 0 Å². The average Bonchev–Trinajstić information content (AvgIpc) is 3.00. The van der Waals surface area contributed by atoms with Crippen LogP contribution in [0, 0.1) is 0 Å². The monoisotopic (exact) mass is 369 g/mol. The number of hydrogen-bond donors (Lipinski definition) is 2. The van der Waals surface area contributed by atoms with Crippen LogP contribution in [0.15, 0.2) is 35.3 Å². The number of nitrogens with one attached hydrogen (secondary N) is 2. The Morgan fingerprint density at radius 1 is 1.15 bits per heavy atom. The van der Waals surface area contributed by atoms with Crippen LogP contribution in [-0.4, -0.2) is 28.3 Å². The molecule has 2 aromatic rings. The van der Waals surface area contributed by atoms with Crippen LogP contribution in [0.1, 0.15) is 56.6 Å². The normalized spacial score (nSPS) is 12.9. The molecular formula is C22H35N5. The van der Waals surface area contributed by atoms with Gasteiger partial charge in [-0.15, -0.1) is 0 Å². The number of aliphatic imine (C=N–C) groups is 1. The van der Waals surface area contributed by atoms with Crippen LogP contribution in [0.25, 0.3) is 0 Å². The maximum Gasteiger partial charge on any atom is 0.191 e. The Morgan fingerprint density at radius 3 is 2.52 bits per heavy atom. The lowest BCUT2D eigenvalue weighted by atomic mass is 10.1. The third-order valence-electron chi connectivity index (χ3n) is 4.86. The van der Waals surface area contributed by atoms with Gasteiger partial charge in [0, 0.05) is 30.9 Å². The van der Waals surface area contributed by atoms with E-state index in [1.807, 2.05) is 11.7 Å². The van der Waals surface area contributed by atoms with Crippen LogP contribution < -0.4 is 10.6 Å². The molecule has 1 aromatic carbocycles. The molecule has 0 saturated carbocycles. The molecule has 0 fully saturated rings. The Kier molecular flexibility index (Phi) is 8.37. The number of benzene rings is 1. The summed E-state index contributed by atoms with van der Waals surface area (Å²) in [5.74, 6) is 0.881. The van der Waals surface area contributed by atoms with Gasteiger partial charge in [0.25, 0.3) is 0 Å². The van der Waals surface area contributed by atoms with Crippen molar-refractivity contribution in [2.75, 3.05) is 6.54 Å². The van der Waals surface area contributed by atoms with E-state index in [1.165, 1.54) is 16.8 Å². The minimum Gasteiger partial charge on any atom is -0.357 e. The Morgan fingerprint density at radius 2 is 1.89 bits per heavy atom. The van der Waals surface area contributed by atoms with Crippen molar-refractivity contribution in [3.05, 3.63) is 52.8 Å². The molecule has 2 rings (SSSR count). The average molecular weight is 370 g/mol. The molecule has 1 atom stereocenters. The molecule has 27 heavy (non-hydrogen) atoms. The smallest absolute Gasteiger partial charge is 0.191 e. The maximum absolute atomic E-state index is 4.85. The van der Waals surface area contributed by atoms with E-state index in [-0.39, 0.29) is 0 Å². The van der Waals surface area contributed by atoms with Gasteiger partial charge in [-0.3, -0.25) is 4.68 Å². The molecule has 5 nitrogen and oxygen atoms in total. The maximum atomic E-state index is 4.85. The zero-order chi connectivity index (χ0) is 19.6. The standard InChI is InChI=1S/C22H35N5/c1-6-20-19(21(7-2)27(5)26-20)16-24-22(23-8-3)25-17(4)14-15-18-12-10-9-11-13-18/h9-13,17H,6-8,14-16H2,1-5H3,(H2,23,24,25). The molecule has 1 unspecified atom stereocenters. The topological polar surface area (TPSA) is 54.2 Å². The fourth-order valence-electron chi connectivity index (χ4n) is 3.38. The highest BCUT2D eigenvalue weighted by Crippen LogP contribution is 2.16. The van der Waals surface area contributed by atoms with Crippen LogP contribution in [0.3, 0.4) is 0 Å². The number of rotatable bonds is 9. The van der Waals surface area contributed by atoms with E-state index in [4.69, 9.17) is 4.99 Å². The molecule has 0 aliphatic rings. The van der Waals surface area contributed by atoms with Gasteiger partial charge in [-0.25, -0.2) is 4.99 Å². The van der Waals surface area contributed by atoms with Crippen molar-refractivity contribution in [1.29, 1.82) is 0 Å². The predicted molar refractivity (Wildman–Crippen MR) is 114 cm³/mol. The van der Waals surface area contributed by atoms with Gasteiger partial charge in [-0.05, 0) is 45.1 Å². The van der Waals surface area contributed by atoms with E-state index in [2.05, 4.69) is 73.8 Å². The fourth-order valence-corrected chi connectivity index (χ4v) is 3.38. The highest BCUT2D eigenvalue weighted by atomic mass is 15.3. The number of aromatic nitrogens is 2. The second kappa shape index (κ2) is 10.8. The van der Waals surface area contributed by atoms with Crippen molar-refractivity contribution in [2.24, 2.45) is 12.0 Å². The summed E-state index contributed by atoms with van der Waals surface area (Å²) in [5, 5.41) is 11.6. The zero-order valence-corrected chi connectivity index (χ0v) is 17.5. The molecule has 0 aliphatic carbocycles. The largest absolute Gasteiger partial charge is 0.357 e. The van der Waals surface area contributed by atoms with Gasteiger partial charge in [-0.2, -0.15) is 5.10 Å². The minimum absolute atomic E-state index is 0.355. The first-order chi connectivity index (χ1) is 13.1. The van der Waals surface area contributed by atoms with E-state index in [1.54, 1.807) is 0 Å². The summed E-state index contributed by atoms with van der Waals surface area (Å²) in [6, 6.07) is 11.0. The second-order valence-electron chi connectivity index (χ2n) is 6.97. The van der Waals surface area contributed by atoms with E-state index < -0.39 is 0 Å². The fraction of sp³-hybridized carbons (Fsp3) is 0.545. The van der Waals surface area contributed by atoms with Crippen LogP contribution in [-0.2, 0) is 32.9 Å². The van der Waals surface area contributed by atoms with Crippen molar-refractivity contribution in [3.63, 3.8) is 0 Å². The predicted octanol–water partition coefficient (Wildman–Crippen LogP) is 3.62. The molecule has 1 heterocycles. The summed E-state index contributed by atoms with van der Waals surface area (Å²) in [6.45, 7) is 10.2. The third kappa shape index (κ3) is 6.12. The first-order valence-corrected chi connectivity index (χ1v) is 10.2. The number of guanidine groups is 1. The SMILES string of the molecule is CCNC(=NCc1c(CC)nn(C)c1CC)NC(C)CCc1ccccc1. The molecule has 0 saturated heterocycles. The van der Waals surface area contributed by atoms with Gasteiger partial charge in [-0.1, -0.05) is 44.2 Å².